The molecule has 0 amide bonds. The molecule has 0 saturated carbocycles. The molecule has 0 aliphatic carbocycles. The zero-order chi connectivity index (χ0) is 19.6. The lowest BCUT2D eigenvalue weighted by Crippen LogP contribution is -1.99. The lowest BCUT2D eigenvalue weighted by atomic mass is 10.1. The maximum absolute atomic E-state index is 4.15. The van der Waals surface area contributed by atoms with Crippen molar-refractivity contribution in [2.24, 2.45) is 14.1 Å². The number of hydrogen-bond acceptors (Lipinski definition) is 2. The fraction of sp³-hybridized carbons (Fsp3) is 0.167. The molecule has 0 spiro atoms. The Morgan fingerprint density at radius 2 is 1.32 bits per heavy atom. The molecule has 2 aromatic carbocycles. The zero-order valence-electron chi connectivity index (χ0n) is 16.4. The van der Waals surface area contributed by atoms with Gasteiger partial charge in [-0.2, -0.15) is 10.2 Å². The molecule has 0 atom stereocenters. The van der Waals surface area contributed by atoms with E-state index in [1.165, 1.54) is 16.8 Å². The Balaban J connectivity index is 0.000000161. The Morgan fingerprint density at radius 1 is 0.679 bits per heavy atom. The summed E-state index contributed by atoms with van der Waals surface area (Å²) in [6.45, 7) is 0. The van der Waals surface area contributed by atoms with E-state index in [-0.39, 0.29) is 0 Å². The third-order valence-corrected chi connectivity index (χ3v) is 4.54. The lowest BCUT2D eigenvalue weighted by Gasteiger charge is -2.01. The van der Waals surface area contributed by atoms with Crippen LogP contribution in [0.25, 0.3) is 12.2 Å². The van der Waals surface area contributed by atoms with Crippen molar-refractivity contribution in [2.75, 3.05) is 0 Å². The SMILES string of the molecule is Cn1nccc1/C=C/c1ccccc1.Cn1nccc1CCc1ccccc1. The summed E-state index contributed by atoms with van der Waals surface area (Å²) in [6, 6.07) is 24.8. The maximum Gasteiger partial charge on any atom is 0.0606 e. The molecule has 0 bridgehead atoms. The summed E-state index contributed by atoms with van der Waals surface area (Å²) >= 11 is 0. The van der Waals surface area contributed by atoms with Crippen molar-refractivity contribution in [1.82, 2.24) is 19.6 Å². The number of aryl methyl sites for hydroxylation is 4. The van der Waals surface area contributed by atoms with Gasteiger partial charge in [-0.1, -0.05) is 66.7 Å². The molecule has 142 valence electrons. The Kier molecular flexibility index (Phi) is 6.96. The van der Waals surface area contributed by atoms with Gasteiger partial charge in [-0.25, -0.2) is 0 Å². The fourth-order valence-corrected chi connectivity index (χ4v) is 2.86. The topological polar surface area (TPSA) is 35.6 Å². The molecule has 4 heteroatoms. The predicted octanol–water partition coefficient (Wildman–Crippen LogP) is 4.80. The van der Waals surface area contributed by atoms with Gasteiger partial charge in [0.05, 0.1) is 5.69 Å². The maximum atomic E-state index is 4.15. The first-order valence-corrected chi connectivity index (χ1v) is 9.44. The van der Waals surface area contributed by atoms with Crippen molar-refractivity contribution in [3.63, 3.8) is 0 Å². The third kappa shape index (κ3) is 5.81. The molecule has 4 nitrogen and oxygen atoms in total. The minimum atomic E-state index is 1.06. The summed E-state index contributed by atoms with van der Waals surface area (Å²) in [4.78, 5) is 0. The Hall–Kier alpha value is -3.40. The summed E-state index contributed by atoms with van der Waals surface area (Å²) in [5.74, 6) is 0. The summed E-state index contributed by atoms with van der Waals surface area (Å²) in [5.41, 5.74) is 4.98. The van der Waals surface area contributed by atoms with Crippen LogP contribution in [-0.4, -0.2) is 19.6 Å². The second-order valence-electron chi connectivity index (χ2n) is 6.56. The first kappa shape index (κ1) is 19.4. The molecule has 0 aliphatic heterocycles. The normalized spacial score (nSPS) is 10.6. The minimum absolute atomic E-state index is 1.06. The highest BCUT2D eigenvalue weighted by Crippen LogP contribution is 2.07. The second-order valence-corrected chi connectivity index (χ2v) is 6.56. The van der Waals surface area contributed by atoms with Gasteiger partial charge in [-0.05, 0) is 42.2 Å². The average molecular weight is 371 g/mol. The van der Waals surface area contributed by atoms with E-state index < -0.39 is 0 Å². The van der Waals surface area contributed by atoms with Gasteiger partial charge in [-0.15, -0.1) is 0 Å². The molecule has 0 unspecified atom stereocenters. The van der Waals surface area contributed by atoms with E-state index in [2.05, 4.69) is 64.8 Å². The minimum Gasteiger partial charge on any atom is -0.273 e. The number of rotatable bonds is 5. The van der Waals surface area contributed by atoms with Crippen molar-refractivity contribution < 1.29 is 0 Å². The van der Waals surface area contributed by atoms with Gasteiger partial charge in [0.2, 0.25) is 0 Å². The molecule has 0 aliphatic rings. The van der Waals surface area contributed by atoms with E-state index in [1.807, 2.05) is 60.0 Å². The second kappa shape index (κ2) is 10.1. The molecule has 0 radical (unpaired) electrons. The molecule has 4 rings (SSSR count). The van der Waals surface area contributed by atoms with Crippen LogP contribution >= 0.6 is 0 Å². The number of benzene rings is 2. The highest BCUT2D eigenvalue weighted by Gasteiger charge is 1.98. The van der Waals surface area contributed by atoms with Crippen LogP contribution in [0.5, 0.6) is 0 Å². The highest BCUT2D eigenvalue weighted by atomic mass is 15.3. The number of hydrogen-bond donors (Lipinski definition) is 0. The first-order valence-electron chi connectivity index (χ1n) is 9.44. The van der Waals surface area contributed by atoms with Crippen LogP contribution in [0.1, 0.15) is 22.5 Å². The number of aromatic nitrogens is 4. The van der Waals surface area contributed by atoms with Gasteiger partial charge in [0.25, 0.3) is 0 Å². The zero-order valence-corrected chi connectivity index (χ0v) is 16.4. The number of nitrogens with zero attached hydrogens (tertiary/aromatic N) is 4. The van der Waals surface area contributed by atoms with Gasteiger partial charge in [0, 0.05) is 32.2 Å². The van der Waals surface area contributed by atoms with Gasteiger partial charge in [-0.3, -0.25) is 9.36 Å². The molecule has 0 fully saturated rings. The standard InChI is InChI=1S/C12H14N2.C12H12N2/c2*1-14-12(9-10-13-14)8-7-11-5-3-2-4-6-11/h2-6,9-10H,7-8H2,1H3;2-10H,1H3/b;8-7+. The highest BCUT2D eigenvalue weighted by molar-refractivity contribution is 5.67. The van der Waals surface area contributed by atoms with E-state index in [1.54, 1.807) is 6.20 Å². The molecule has 28 heavy (non-hydrogen) atoms. The Labute approximate surface area is 166 Å². The van der Waals surface area contributed by atoms with E-state index in [9.17, 15) is 0 Å². The summed E-state index contributed by atoms with van der Waals surface area (Å²) in [6.07, 6.45) is 9.92. The first-order chi connectivity index (χ1) is 13.7. The van der Waals surface area contributed by atoms with Crippen molar-refractivity contribution in [3.05, 3.63) is 108 Å². The molecule has 0 N–H and O–H groups in total. The quantitative estimate of drug-likeness (QED) is 0.506. The molecule has 4 aromatic rings. The summed E-state index contributed by atoms with van der Waals surface area (Å²) in [5, 5.41) is 8.24. The van der Waals surface area contributed by atoms with Gasteiger partial charge < -0.3 is 0 Å². The van der Waals surface area contributed by atoms with Crippen molar-refractivity contribution in [3.8, 4) is 0 Å². The predicted molar refractivity (Wildman–Crippen MR) is 116 cm³/mol. The van der Waals surface area contributed by atoms with Crippen LogP contribution in [0.15, 0.2) is 85.2 Å². The van der Waals surface area contributed by atoms with Crippen LogP contribution < -0.4 is 0 Å². The van der Waals surface area contributed by atoms with Crippen molar-refractivity contribution in [1.29, 1.82) is 0 Å². The van der Waals surface area contributed by atoms with Crippen LogP contribution in [-0.2, 0) is 26.9 Å². The van der Waals surface area contributed by atoms with Crippen LogP contribution in [0.2, 0.25) is 0 Å². The monoisotopic (exact) mass is 370 g/mol. The molecule has 2 aromatic heterocycles. The summed E-state index contributed by atoms with van der Waals surface area (Å²) in [7, 11) is 3.92. The molecular formula is C24H26N4. The van der Waals surface area contributed by atoms with E-state index in [0.29, 0.717) is 0 Å². The van der Waals surface area contributed by atoms with E-state index >= 15 is 0 Å². The van der Waals surface area contributed by atoms with Crippen molar-refractivity contribution in [2.45, 2.75) is 12.8 Å². The average Bonchev–Trinajstić information content (AvgIpc) is 3.34. The summed E-state index contributed by atoms with van der Waals surface area (Å²) < 4.78 is 3.78. The van der Waals surface area contributed by atoms with Gasteiger partial charge in [0.15, 0.2) is 0 Å². The molecule has 0 saturated heterocycles. The Morgan fingerprint density at radius 3 is 1.93 bits per heavy atom. The van der Waals surface area contributed by atoms with Crippen molar-refractivity contribution >= 4 is 12.2 Å². The molecular weight excluding hydrogens is 344 g/mol. The fourth-order valence-electron chi connectivity index (χ4n) is 2.86. The van der Waals surface area contributed by atoms with Gasteiger partial charge in [0.1, 0.15) is 0 Å². The third-order valence-electron chi connectivity index (χ3n) is 4.54. The molecule has 2 heterocycles. The Bertz CT molecular complexity index is 982. The van der Waals surface area contributed by atoms with Crippen LogP contribution in [0.4, 0.5) is 0 Å². The van der Waals surface area contributed by atoms with Gasteiger partial charge >= 0.3 is 0 Å². The van der Waals surface area contributed by atoms with Crippen LogP contribution in [0, 0.1) is 0 Å². The smallest absolute Gasteiger partial charge is 0.0606 e. The largest absolute Gasteiger partial charge is 0.273 e. The van der Waals surface area contributed by atoms with Crippen LogP contribution in [0.3, 0.4) is 0 Å². The van der Waals surface area contributed by atoms with E-state index in [4.69, 9.17) is 0 Å². The van der Waals surface area contributed by atoms with E-state index in [0.717, 1.165) is 18.5 Å². The lowest BCUT2D eigenvalue weighted by molar-refractivity contribution is 0.703.